The summed E-state index contributed by atoms with van der Waals surface area (Å²) in [6, 6.07) is 4.70. The Morgan fingerprint density at radius 2 is 1.93 bits per heavy atom. The van der Waals surface area contributed by atoms with E-state index in [2.05, 4.69) is 39.1 Å². The largest absolute Gasteiger partial charge is 0.497 e. The molecule has 1 aromatic carbocycles. The average molecular weight is 514 g/mol. The molecule has 0 aromatic heterocycles. The van der Waals surface area contributed by atoms with Crippen LogP contribution in [0.25, 0.3) is 0 Å². The van der Waals surface area contributed by atoms with Gasteiger partial charge in [0.1, 0.15) is 11.5 Å². The molecule has 0 aliphatic heterocycles. The number of methoxy groups -OCH3 is 1. The second-order valence-corrected chi connectivity index (χ2v) is 7.30. The van der Waals surface area contributed by atoms with Gasteiger partial charge in [0.25, 0.3) is 0 Å². The first-order valence-electron chi connectivity index (χ1n) is 8.95. The van der Waals surface area contributed by atoms with Gasteiger partial charge in [-0.05, 0) is 44.6 Å². The van der Waals surface area contributed by atoms with E-state index in [1.807, 2.05) is 21.0 Å². The molecule has 28 heavy (non-hydrogen) atoms. The zero-order valence-electron chi connectivity index (χ0n) is 17.5. The lowest BCUT2D eigenvalue weighted by molar-refractivity contribution is -0.0504. The molecular formula is C19H33F2IN4O2. The van der Waals surface area contributed by atoms with Crippen LogP contribution >= 0.6 is 24.0 Å². The highest BCUT2D eigenvalue weighted by Gasteiger charge is 2.19. The van der Waals surface area contributed by atoms with Gasteiger partial charge in [-0.25, -0.2) is 4.99 Å². The Labute approximate surface area is 184 Å². The van der Waals surface area contributed by atoms with Crippen molar-refractivity contribution in [1.82, 2.24) is 15.5 Å². The van der Waals surface area contributed by atoms with Crippen molar-refractivity contribution in [2.75, 3.05) is 40.8 Å². The maximum absolute atomic E-state index is 12.6. The number of ether oxygens (including phenoxy) is 2. The van der Waals surface area contributed by atoms with E-state index in [1.165, 1.54) is 13.2 Å². The number of guanidine groups is 1. The van der Waals surface area contributed by atoms with Crippen LogP contribution in [-0.4, -0.2) is 58.3 Å². The van der Waals surface area contributed by atoms with E-state index in [1.54, 1.807) is 12.1 Å². The predicted octanol–water partition coefficient (Wildman–Crippen LogP) is 3.56. The number of hydrogen-bond donors (Lipinski definition) is 2. The number of hydrogen-bond acceptors (Lipinski definition) is 4. The van der Waals surface area contributed by atoms with Crippen LogP contribution in [0.1, 0.15) is 26.3 Å². The molecule has 1 rings (SSSR count). The van der Waals surface area contributed by atoms with Gasteiger partial charge >= 0.3 is 6.61 Å². The van der Waals surface area contributed by atoms with E-state index in [4.69, 9.17) is 4.74 Å². The highest BCUT2D eigenvalue weighted by Crippen LogP contribution is 2.26. The lowest BCUT2D eigenvalue weighted by Crippen LogP contribution is -2.44. The van der Waals surface area contributed by atoms with E-state index in [0.717, 1.165) is 13.1 Å². The zero-order valence-corrected chi connectivity index (χ0v) is 19.8. The van der Waals surface area contributed by atoms with Gasteiger partial charge in [0, 0.05) is 25.2 Å². The molecule has 0 unspecified atom stereocenters. The van der Waals surface area contributed by atoms with Crippen LogP contribution < -0.4 is 20.1 Å². The van der Waals surface area contributed by atoms with Gasteiger partial charge in [0.2, 0.25) is 0 Å². The molecule has 0 saturated carbocycles. The van der Waals surface area contributed by atoms with Crippen LogP contribution in [0.15, 0.2) is 23.2 Å². The summed E-state index contributed by atoms with van der Waals surface area (Å²) in [6.07, 6.45) is 0. The summed E-state index contributed by atoms with van der Waals surface area (Å²) in [4.78, 5) is 6.64. The predicted molar refractivity (Wildman–Crippen MR) is 120 cm³/mol. The van der Waals surface area contributed by atoms with Crippen LogP contribution in [0.3, 0.4) is 0 Å². The van der Waals surface area contributed by atoms with Gasteiger partial charge in [0.15, 0.2) is 5.96 Å². The zero-order chi connectivity index (χ0) is 20.4. The van der Waals surface area contributed by atoms with E-state index < -0.39 is 6.61 Å². The average Bonchev–Trinajstić information content (AvgIpc) is 2.56. The highest BCUT2D eigenvalue weighted by atomic mass is 127. The van der Waals surface area contributed by atoms with E-state index in [0.29, 0.717) is 23.8 Å². The Kier molecular flexibility index (Phi) is 12.3. The van der Waals surface area contributed by atoms with Gasteiger partial charge in [-0.15, -0.1) is 24.0 Å². The normalized spacial score (nSPS) is 12.0. The number of halogens is 3. The molecule has 0 aliphatic carbocycles. The number of nitrogens with one attached hydrogen (secondary N) is 2. The van der Waals surface area contributed by atoms with Crippen molar-refractivity contribution < 1.29 is 18.3 Å². The van der Waals surface area contributed by atoms with Crippen LogP contribution in [0.2, 0.25) is 0 Å². The molecule has 0 spiro atoms. The molecule has 0 fully saturated rings. The van der Waals surface area contributed by atoms with Crippen molar-refractivity contribution in [3.05, 3.63) is 23.8 Å². The van der Waals surface area contributed by atoms with Gasteiger partial charge in [0.05, 0.1) is 13.7 Å². The molecule has 0 saturated heterocycles. The molecule has 162 valence electrons. The fourth-order valence-corrected chi connectivity index (χ4v) is 2.76. The molecule has 0 atom stereocenters. The fourth-order valence-electron chi connectivity index (χ4n) is 2.76. The standard InChI is InChI=1S/C19H32F2N4O2.HI/c1-7-22-18(24-12-19(2,3)13-25(4)5)23-11-14-10-15(26-6)8-9-16(14)27-17(20)21;/h8-10,17H,7,11-13H2,1-6H3,(H2,22,23,24);1H. The molecule has 0 amide bonds. The van der Waals surface area contributed by atoms with E-state index >= 15 is 0 Å². The van der Waals surface area contributed by atoms with Crippen molar-refractivity contribution in [2.45, 2.75) is 33.9 Å². The van der Waals surface area contributed by atoms with Gasteiger partial charge in [-0.1, -0.05) is 13.8 Å². The third-order valence-corrected chi connectivity index (χ3v) is 3.71. The third-order valence-electron chi connectivity index (χ3n) is 3.71. The number of aliphatic imine (C=N–C) groups is 1. The van der Waals surface area contributed by atoms with Crippen molar-refractivity contribution in [2.24, 2.45) is 10.4 Å². The Balaban J connectivity index is 0.00000729. The molecule has 0 aliphatic rings. The summed E-state index contributed by atoms with van der Waals surface area (Å²) < 4.78 is 35.0. The van der Waals surface area contributed by atoms with Gasteiger partial charge in [-0.3, -0.25) is 0 Å². The number of benzene rings is 1. The number of alkyl halides is 2. The van der Waals surface area contributed by atoms with E-state index in [9.17, 15) is 8.78 Å². The highest BCUT2D eigenvalue weighted by molar-refractivity contribution is 14.0. The first kappa shape index (κ1) is 26.6. The van der Waals surface area contributed by atoms with Gasteiger partial charge in [-0.2, -0.15) is 8.78 Å². The number of rotatable bonds is 10. The van der Waals surface area contributed by atoms with Crippen molar-refractivity contribution in [3.8, 4) is 11.5 Å². The second kappa shape index (κ2) is 13.0. The van der Waals surface area contributed by atoms with Crippen LogP contribution in [0, 0.1) is 5.41 Å². The summed E-state index contributed by atoms with van der Waals surface area (Å²) in [6.45, 7) is 5.93. The molecule has 1 aromatic rings. The Hall–Kier alpha value is -1.36. The first-order valence-corrected chi connectivity index (χ1v) is 8.95. The Morgan fingerprint density at radius 3 is 2.46 bits per heavy atom. The molecule has 2 N–H and O–H groups in total. The van der Waals surface area contributed by atoms with Crippen molar-refractivity contribution >= 4 is 29.9 Å². The molecule has 0 bridgehead atoms. The van der Waals surface area contributed by atoms with Crippen LogP contribution in [0.5, 0.6) is 11.5 Å². The molecule has 6 nitrogen and oxygen atoms in total. The Morgan fingerprint density at radius 1 is 1.25 bits per heavy atom. The van der Waals surface area contributed by atoms with Crippen molar-refractivity contribution in [3.63, 3.8) is 0 Å². The minimum absolute atomic E-state index is 0. The first-order chi connectivity index (χ1) is 12.7. The van der Waals surface area contributed by atoms with Crippen LogP contribution in [-0.2, 0) is 6.54 Å². The summed E-state index contributed by atoms with van der Waals surface area (Å²) in [5.74, 6) is 1.28. The minimum Gasteiger partial charge on any atom is -0.497 e. The minimum atomic E-state index is -2.89. The van der Waals surface area contributed by atoms with Crippen molar-refractivity contribution in [1.29, 1.82) is 0 Å². The summed E-state index contributed by atoms with van der Waals surface area (Å²) in [5.41, 5.74) is 0.569. The smallest absolute Gasteiger partial charge is 0.387 e. The maximum Gasteiger partial charge on any atom is 0.387 e. The topological polar surface area (TPSA) is 58.1 Å². The lowest BCUT2D eigenvalue weighted by atomic mass is 9.93. The molecule has 0 radical (unpaired) electrons. The summed E-state index contributed by atoms with van der Waals surface area (Å²) >= 11 is 0. The van der Waals surface area contributed by atoms with Crippen LogP contribution in [0.4, 0.5) is 8.78 Å². The fraction of sp³-hybridized carbons (Fsp3) is 0.632. The molecule has 9 heteroatoms. The SMILES string of the molecule is CCNC(=NCc1cc(OC)ccc1OC(F)F)NCC(C)(C)CN(C)C.I. The summed E-state index contributed by atoms with van der Waals surface area (Å²) in [5, 5.41) is 6.49. The molecule has 0 heterocycles. The maximum atomic E-state index is 12.6. The third kappa shape index (κ3) is 10.3. The molecular weight excluding hydrogens is 481 g/mol. The second-order valence-electron chi connectivity index (χ2n) is 7.30. The van der Waals surface area contributed by atoms with E-state index in [-0.39, 0.29) is 41.7 Å². The Bertz CT molecular complexity index is 614. The van der Waals surface area contributed by atoms with Gasteiger partial charge < -0.3 is 25.0 Å². The number of nitrogens with zero attached hydrogens (tertiary/aromatic N) is 2. The summed E-state index contributed by atoms with van der Waals surface area (Å²) in [7, 11) is 5.59. The quantitative estimate of drug-likeness (QED) is 0.284. The lowest BCUT2D eigenvalue weighted by Gasteiger charge is -2.29. The monoisotopic (exact) mass is 514 g/mol.